The summed E-state index contributed by atoms with van der Waals surface area (Å²) in [4.78, 5) is 11.9. The predicted octanol–water partition coefficient (Wildman–Crippen LogP) is 3.13. The fourth-order valence-electron chi connectivity index (χ4n) is 2.37. The van der Waals surface area contributed by atoms with Gasteiger partial charge in [-0.2, -0.15) is 0 Å². The lowest BCUT2D eigenvalue weighted by molar-refractivity contribution is -0.148. The molecule has 0 radical (unpaired) electrons. The minimum atomic E-state index is -0.0164. The third-order valence-corrected chi connectivity index (χ3v) is 3.38. The molecule has 0 N–H and O–H groups in total. The van der Waals surface area contributed by atoms with Crippen molar-refractivity contribution in [2.24, 2.45) is 5.92 Å². The van der Waals surface area contributed by atoms with Gasteiger partial charge in [-0.3, -0.25) is 4.79 Å². The van der Waals surface area contributed by atoms with Crippen LogP contribution in [0.3, 0.4) is 0 Å². The predicted molar refractivity (Wildman–Crippen MR) is 67.8 cm³/mol. The van der Waals surface area contributed by atoms with Crippen LogP contribution in [0.2, 0.25) is 0 Å². The SMILES string of the molecule is CCCCCOC(=O)C1Cc2ccccc2C1. The van der Waals surface area contributed by atoms with Gasteiger partial charge in [0.1, 0.15) is 0 Å². The Bertz CT molecular complexity index is 359. The number of hydrogen-bond donors (Lipinski definition) is 0. The maximum atomic E-state index is 11.9. The Kier molecular flexibility index (Phi) is 4.18. The average Bonchev–Trinajstić information content (AvgIpc) is 2.78. The van der Waals surface area contributed by atoms with E-state index in [1.165, 1.54) is 11.1 Å². The molecule has 1 aromatic carbocycles. The first-order valence-corrected chi connectivity index (χ1v) is 6.54. The molecule has 2 nitrogen and oxygen atoms in total. The van der Waals surface area contributed by atoms with Gasteiger partial charge in [0.25, 0.3) is 0 Å². The summed E-state index contributed by atoms with van der Waals surface area (Å²) in [6.45, 7) is 2.73. The van der Waals surface area contributed by atoms with E-state index in [2.05, 4.69) is 19.1 Å². The van der Waals surface area contributed by atoms with Gasteiger partial charge in [0, 0.05) is 0 Å². The maximum Gasteiger partial charge on any atom is 0.309 e. The van der Waals surface area contributed by atoms with Crippen LogP contribution in [0.25, 0.3) is 0 Å². The highest BCUT2D eigenvalue weighted by Crippen LogP contribution is 2.27. The highest BCUT2D eigenvalue weighted by atomic mass is 16.5. The van der Waals surface area contributed by atoms with Crippen molar-refractivity contribution in [3.05, 3.63) is 35.4 Å². The minimum absolute atomic E-state index is 0.0164. The second kappa shape index (κ2) is 5.85. The molecule has 0 atom stereocenters. The van der Waals surface area contributed by atoms with Crippen LogP contribution in [0.5, 0.6) is 0 Å². The quantitative estimate of drug-likeness (QED) is 0.576. The minimum Gasteiger partial charge on any atom is -0.465 e. The van der Waals surface area contributed by atoms with Crippen LogP contribution in [0.15, 0.2) is 24.3 Å². The van der Waals surface area contributed by atoms with Crippen molar-refractivity contribution < 1.29 is 9.53 Å². The van der Waals surface area contributed by atoms with Crippen molar-refractivity contribution in [1.82, 2.24) is 0 Å². The topological polar surface area (TPSA) is 26.3 Å². The number of carbonyl (C=O) groups excluding carboxylic acids is 1. The summed E-state index contributed by atoms with van der Waals surface area (Å²) in [7, 11) is 0. The average molecular weight is 232 g/mol. The van der Waals surface area contributed by atoms with Crippen molar-refractivity contribution >= 4 is 5.97 Å². The van der Waals surface area contributed by atoms with Crippen LogP contribution in [0.4, 0.5) is 0 Å². The number of rotatable bonds is 5. The molecule has 0 saturated carbocycles. The molecule has 92 valence electrons. The maximum absolute atomic E-state index is 11.9. The van der Waals surface area contributed by atoms with Gasteiger partial charge in [-0.1, -0.05) is 44.0 Å². The van der Waals surface area contributed by atoms with E-state index >= 15 is 0 Å². The van der Waals surface area contributed by atoms with Crippen molar-refractivity contribution in [1.29, 1.82) is 0 Å². The van der Waals surface area contributed by atoms with Crippen LogP contribution < -0.4 is 0 Å². The number of esters is 1. The molecular formula is C15H20O2. The van der Waals surface area contributed by atoms with Crippen LogP contribution in [-0.2, 0) is 22.4 Å². The van der Waals surface area contributed by atoms with E-state index in [-0.39, 0.29) is 11.9 Å². The molecule has 0 bridgehead atoms. The van der Waals surface area contributed by atoms with E-state index in [1.807, 2.05) is 12.1 Å². The lowest BCUT2D eigenvalue weighted by Gasteiger charge is -2.09. The molecule has 0 aromatic heterocycles. The third kappa shape index (κ3) is 3.09. The first-order chi connectivity index (χ1) is 8.31. The Morgan fingerprint density at radius 1 is 1.24 bits per heavy atom. The van der Waals surface area contributed by atoms with Gasteiger partial charge in [0.05, 0.1) is 12.5 Å². The van der Waals surface area contributed by atoms with E-state index in [1.54, 1.807) is 0 Å². The van der Waals surface area contributed by atoms with Crippen molar-refractivity contribution in [2.75, 3.05) is 6.61 Å². The molecule has 0 spiro atoms. The Morgan fingerprint density at radius 3 is 2.47 bits per heavy atom. The van der Waals surface area contributed by atoms with Gasteiger partial charge in [-0.05, 0) is 30.4 Å². The first kappa shape index (κ1) is 12.2. The van der Waals surface area contributed by atoms with E-state index in [0.29, 0.717) is 6.61 Å². The molecule has 0 amide bonds. The number of benzene rings is 1. The van der Waals surface area contributed by atoms with E-state index in [9.17, 15) is 4.79 Å². The van der Waals surface area contributed by atoms with Gasteiger partial charge < -0.3 is 4.74 Å². The van der Waals surface area contributed by atoms with E-state index in [0.717, 1.165) is 32.1 Å². The fourth-order valence-corrected chi connectivity index (χ4v) is 2.37. The standard InChI is InChI=1S/C15H20O2/c1-2-3-6-9-17-15(16)14-10-12-7-4-5-8-13(12)11-14/h4-5,7-8,14H,2-3,6,9-11H2,1H3. The summed E-state index contributed by atoms with van der Waals surface area (Å²) in [6, 6.07) is 8.29. The number of hydrogen-bond acceptors (Lipinski definition) is 2. The monoisotopic (exact) mass is 232 g/mol. The number of unbranched alkanes of at least 4 members (excludes halogenated alkanes) is 2. The molecule has 0 heterocycles. The van der Waals surface area contributed by atoms with E-state index in [4.69, 9.17) is 4.74 Å². The zero-order valence-corrected chi connectivity index (χ0v) is 10.4. The summed E-state index contributed by atoms with van der Waals surface area (Å²) in [5.74, 6) is 0.0336. The summed E-state index contributed by atoms with van der Waals surface area (Å²) < 4.78 is 5.32. The third-order valence-electron chi connectivity index (χ3n) is 3.38. The molecular weight excluding hydrogens is 212 g/mol. The van der Waals surface area contributed by atoms with Crippen LogP contribution in [-0.4, -0.2) is 12.6 Å². The molecule has 1 aromatic rings. The highest BCUT2D eigenvalue weighted by molar-refractivity contribution is 5.74. The molecule has 1 aliphatic carbocycles. The van der Waals surface area contributed by atoms with Gasteiger partial charge in [-0.25, -0.2) is 0 Å². The summed E-state index contributed by atoms with van der Waals surface area (Å²) in [5.41, 5.74) is 2.62. The summed E-state index contributed by atoms with van der Waals surface area (Å²) in [5, 5.41) is 0. The van der Waals surface area contributed by atoms with Gasteiger partial charge in [-0.15, -0.1) is 0 Å². The summed E-state index contributed by atoms with van der Waals surface area (Å²) >= 11 is 0. The molecule has 2 rings (SSSR count). The van der Waals surface area contributed by atoms with E-state index < -0.39 is 0 Å². The first-order valence-electron chi connectivity index (χ1n) is 6.54. The Morgan fingerprint density at radius 2 is 1.88 bits per heavy atom. The Balaban J connectivity index is 1.80. The zero-order chi connectivity index (χ0) is 12.1. The molecule has 2 heteroatoms. The lowest BCUT2D eigenvalue weighted by atomic mass is 10.1. The zero-order valence-electron chi connectivity index (χ0n) is 10.4. The molecule has 1 aliphatic rings. The fraction of sp³-hybridized carbons (Fsp3) is 0.533. The highest BCUT2D eigenvalue weighted by Gasteiger charge is 2.27. The molecule has 0 fully saturated rings. The Hall–Kier alpha value is -1.31. The van der Waals surface area contributed by atoms with Gasteiger partial charge in [0.2, 0.25) is 0 Å². The number of ether oxygens (including phenoxy) is 1. The number of carbonyl (C=O) groups is 1. The van der Waals surface area contributed by atoms with Crippen LogP contribution in [0, 0.1) is 5.92 Å². The molecule has 17 heavy (non-hydrogen) atoms. The number of fused-ring (bicyclic) bond motifs is 1. The van der Waals surface area contributed by atoms with Crippen molar-refractivity contribution in [2.45, 2.75) is 39.0 Å². The molecule has 0 unspecified atom stereocenters. The van der Waals surface area contributed by atoms with Crippen molar-refractivity contribution in [3.8, 4) is 0 Å². The second-order valence-corrected chi connectivity index (χ2v) is 4.75. The largest absolute Gasteiger partial charge is 0.465 e. The normalized spacial score (nSPS) is 14.6. The van der Waals surface area contributed by atoms with Gasteiger partial charge in [0.15, 0.2) is 0 Å². The molecule has 0 saturated heterocycles. The van der Waals surface area contributed by atoms with Crippen LogP contribution in [0.1, 0.15) is 37.3 Å². The lowest BCUT2D eigenvalue weighted by Crippen LogP contribution is -2.18. The summed E-state index contributed by atoms with van der Waals surface area (Å²) in [6.07, 6.45) is 4.98. The smallest absolute Gasteiger partial charge is 0.309 e. The van der Waals surface area contributed by atoms with Gasteiger partial charge >= 0.3 is 5.97 Å². The molecule has 0 aliphatic heterocycles. The Labute approximate surface area is 103 Å². The second-order valence-electron chi connectivity index (χ2n) is 4.75. The van der Waals surface area contributed by atoms with Crippen LogP contribution >= 0.6 is 0 Å². The van der Waals surface area contributed by atoms with Crippen molar-refractivity contribution in [3.63, 3.8) is 0 Å².